The van der Waals surface area contributed by atoms with Crippen molar-refractivity contribution < 1.29 is 4.79 Å². The molecule has 14 heavy (non-hydrogen) atoms. The summed E-state index contributed by atoms with van der Waals surface area (Å²) < 4.78 is 0.896. The monoisotopic (exact) mass is 256 g/mol. The number of likely N-dealkylation sites (N-methyl/N-ethyl adjacent to an activating group) is 1. The van der Waals surface area contributed by atoms with E-state index < -0.39 is 0 Å². The van der Waals surface area contributed by atoms with Crippen LogP contribution in [0, 0.1) is 6.92 Å². The Labute approximate surface area is 92.0 Å². The third kappa shape index (κ3) is 3.12. The Morgan fingerprint density at radius 2 is 2.21 bits per heavy atom. The van der Waals surface area contributed by atoms with Gasteiger partial charge >= 0.3 is 0 Å². The summed E-state index contributed by atoms with van der Waals surface area (Å²) in [5, 5.41) is 5.60. The van der Waals surface area contributed by atoms with Gasteiger partial charge < -0.3 is 10.6 Å². The van der Waals surface area contributed by atoms with Gasteiger partial charge in [-0.05, 0) is 47.6 Å². The molecule has 0 spiro atoms. The van der Waals surface area contributed by atoms with Crippen LogP contribution in [0.4, 0.5) is 5.69 Å². The Bertz CT molecular complexity index is 339. The highest BCUT2D eigenvalue weighted by molar-refractivity contribution is 9.10. The van der Waals surface area contributed by atoms with Crippen LogP contribution in [0.3, 0.4) is 0 Å². The van der Waals surface area contributed by atoms with Crippen LogP contribution >= 0.6 is 15.9 Å². The van der Waals surface area contributed by atoms with E-state index >= 15 is 0 Å². The number of hydrogen-bond acceptors (Lipinski definition) is 2. The van der Waals surface area contributed by atoms with Gasteiger partial charge in [-0.1, -0.05) is 6.07 Å². The summed E-state index contributed by atoms with van der Waals surface area (Å²) in [5.41, 5.74) is 1.93. The highest BCUT2D eigenvalue weighted by atomic mass is 79.9. The second kappa shape index (κ2) is 5.12. The van der Waals surface area contributed by atoms with Gasteiger partial charge in [-0.15, -0.1) is 0 Å². The normalized spacial score (nSPS) is 9.93. The maximum absolute atomic E-state index is 11.3. The van der Waals surface area contributed by atoms with Crippen LogP contribution in [-0.2, 0) is 4.79 Å². The van der Waals surface area contributed by atoms with Crippen LogP contribution in [0.25, 0.3) is 0 Å². The fourth-order valence-corrected chi connectivity index (χ4v) is 1.44. The molecule has 0 aliphatic heterocycles. The summed E-state index contributed by atoms with van der Waals surface area (Å²) >= 11 is 3.37. The zero-order valence-corrected chi connectivity index (χ0v) is 9.81. The van der Waals surface area contributed by atoms with Gasteiger partial charge in [0.25, 0.3) is 0 Å². The van der Waals surface area contributed by atoms with Crippen LogP contribution in [0.2, 0.25) is 0 Å². The van der Waals surface area contributed by atoms with E-state index in [-0.39, 0.29) is 5.91 Å². The third-order valence-corrected chi connectivity index (χ3v) is 2.42. The molecule has 2 N–H and O–H groups in total. The zero-order valence-electron chi connectivity index (χ0n) is 8.23. The quantitative estimate of drug-likeness (QED) is 0.868. The lowest BCUT2D eigenvalue weighted by atomic mass is 10.2. The van der Waals surface area contributed by atoms with E-state index in [1.807, 2.05) is 25.1 Å². The lowest BCUT2D eigenvalue weighted by Crippen LogP contribution is -2.25. The molecule has 4 heteroatoms. The Balaban J connectivity index is 2.75. The van der Waals surface area contributed by atoms with Crippen molar-refractivity contribution >= 4 is 27.5 Å². The van der Waals surface area contributed by atoms with Crippen LogP contribution in [0.1, 0.15) is 5.56 Å². The minimum Gasteiger partial charge on any atom is -0.324 e. The van der Waals surface area contributed by atoms with Crippen molar-refractivity contribution in [2.24, 2.45) is 0 Å². The summed E-state index contributed by atoms with van der Waals surface area (Å²) in [6, 6.07) is 5.83. The molecule has 1 amide bonds. The predicted octanol–water partition coefficient (Wildman–Crippen LogP) is 1.92. The molecule has 76 valence electrons. The number of nitrogens with one attached hydrogen (secondary N) is 2. The number of carbonyl (C=O) groups is 1. The first-order chi connectivity index (χ1) is 6.63. The van der Waals surface area contributed by atoms with E-state index in [4.69, 9.17) is 0 Å². The molecule has 0 aromatic heterocycles. The molecule has 0 bridgehead atoms. The Morgan fingerprint density at radius 3 is 2.86 bits per heavy atom. The van der Waals surface area contributed by atoms with Crippen molar-refractivity contribution in [3.63, 3.8) is 0 Å². The molecule has 0 saturated heterocycles. The molecule has 1 aromatic rings. The third-order valence-electron chi connectivity index (χ3n) is 1.73. The Morgan fingerprint density at radius 1 is 1.50 bits per heavy atom. The minimum atomic E-state index is -0.0428. The molecule has 1 rings (SSSR count). The lowest BCUT2D eigenvalue weighted by Gasteiger charge is -2.07. The lowest BCUT2D eigenvalue weighted by molar-refractivity contribution is -0.115. The first-order valence-electron chi connectivity index (χ1n) is 4.34. The van der Waals surface area contributed by atoms with Crippen molar-refractivity contribution in [2.45, 2.75) is 6.92 Å². The number of carbonyl (C=O) groups excluding carboxylic acids is 1. The highest BCUT2D eigenvalue weighted by Crippen LogP contribution is 2.22. The van der Waals surface area contributed by atoms with Gasteiger partial charge in [0.2, 0.25) is 5.91 Å². The van der Waals surface area contributed by atoms with E-state index in [9.17, 15) is 4.79 Å². The molecule has 0 unspecified atom stereocenters. The van der Waals surface area contributed by atoms with Gasteiger partial charge in [0, 0.05) is 4.47 Å². The van der Waals surface area contributed by atoms with Gasteiger partial charge in [0.15, 0.2) is 0 Å². The largest absolute Gasteiger partial charge is 0.324 e. The van der Waals surface area contributed by atoms with Crippen LogP contribution in [0.5, 0.6) is 0 Å². The van der Waals surface area contributed by atoms with Gasteiger partial charge in [-0.3, -0.25) is 4.79 Å². The van der Waals surface area contributed by atoms with E-state index in [1.54, 1.807) is 7.05 Å². The maximum atomic E-state index is 11.3. The molecule has 0 saturated carbocycles. The van der Waals surface area contributed by atoms with Crippen molar-refractivity contribution in [3.8, 4) is 0 Å². The van der Waals surface area contributed by atoms with Crippen LogP contribution in [0.15, 0.2) is 22.7 Å². The van der Waals surface area contributed by atoms with Crippen molar-refractivity contribution in [2.75, 3.05) is 18.9 Å². The predicted molar refractivity (Wildman–Crippen MR) is 61.4 cm³/mol. The molecule has 0 fully saturated rings. The summed E-state index contributed by atoms with van der Waals surface area (Å²) in [4.78, 5) is 11.3. The standard InChI is InChI=1S/C10H13BrN2O/c1-7-3-4-8(11)9(5-7)13-10(14)6-12-2/h3-5,12H,6H2,1-2H3,(H,13,14). The molecular formula is C10H13BrN2O. The summed E-state index contributed by atoms with van der Waals surface area (Å²) in [7, 11) is 1.74. The van der Waals surface area contributed by atoms with Crippen molar-refractivity contribution in [3.05, 3.63) is 28.2 Å². The van der Waals surface area contributed by atoms with E-state index in [1.165, 1.54) is 0 Å². The molecule has 0 heterocycles. The van der Waals surface area contributed by atoms with E-state index in [0.717, 1.165) is 15.7 Å². The second-order valence-corrected chi connectivity index (χ2v) is 3.92. The molecule has 0 atom stereocenters. The molecule has 0 radical (unpaired) electrons. The summed E-state index contributed by atoms with van der Waals surface area (Å²) in [6.07, 6.45) is 0. The summed E-state index contributed by atoms with van der Waals surface area (Å²) in [5.74, 6) is -0.0428. The fraction of sp³-hybridized carbons (Fsp3) is 0.300. The molecular weight excluding hydrogens is 244 g/mol. The molecule has 0 aliphatic carbocycles. The van der Waals surface area contributed by atoms with E-state index in [0.29, 0.717) is 6.54 Å². The Kier molecular flexibility index (Phi) is 4.10. The molecule has 1 aromatic carbocycles. The SMILES string of the molecule is CNCC(=O)Nc1cc(C)ccc1Br. The number of benzene rings is 1. The average molecular weight is 257 g/mol. The highest BCUT2D eigenvalue weighted by Gasteiger charge is 2.03. The number of hydrogen-bond donors (Lipinski definition) is 2. The second-order valence-electron chi connectivity index (χ2n) is 3.06. The number of halogens is 1. The van der Waals surface area contributed by atoms with Gasteiger partial charge in [0.1, 0.15) is 0 Å². The fourth-order valence-electron chi connectivity index (χ4n) is 1.09. The maximum Gasteiger partial charge on any atom is 0.238 e. The minimum absolute atomic E-state index is 0.0428. The Hall–Kier alpha value is -0.870. The van der Waals surface area contributed by atoms with Gasteiger partial charge in [-0.2, -0.15) is 0 Å². The summed E-state index contributed by atoms with van der Waals surface area (Å²) in [6.45, 7) is 2.31. The zero-order chi connectivity index (χ0) is 10.6. The number of aryl methyl sites for hydroxylation is 1. The smallest absolute Gasteiger partial charge is 0.238 e. The average Bonchev–Trinajstić information content (AvgIpc) is 2.12. The first-order valence-corrected chi connectivity index (χ1v) is 5.13. The van der Waals surface area contributed by atoms with Crippen LogP contribution in [-0.4, -0.2) is 19.5 Å². The number of rotatable bonds is 3. The molecule has 3 nitrogen and oxygen atoms in total. The molecule has 0 aliphatic rings. The number of anilines is 1. The van der Waals surface area contributed by atoms with Gasteiger partial charge in [-0.25, -0.2) is 0 Å². The van der Waals surface area contributed by atoms with Crippen molar-refractivity contribution in [1.29, 1.82) is 0 Å². The van der Waals surface area contributed by atoms with Gasteiger partial charge in [0.05, 0.1) is 12.2 Å². The first kappa shape index (κ1) is 11.2. The van der Waals surface area contributed by atoms with Crippen molar-refractivity contribution in [1.82, 2.24) is 5.32 Å². The number of amides is 1. The topological polar surface area (TPSA) is 41.1 Å². The van der Waals surface area contributed by atoms with Crippen LogP contribution < -0.4 is 10.6 Å². The van der Waals surface area contributed by atoms with E-state index in [2.05, 4.69) is 26.6 Å².